The minimum absolute atomic E-state index is 0.0545. The lowest BCUT2D eigenvalue weighted by atomic mass is 10.2. The lowest BCUT2D eigenvalue weighted by Gasteiger charge is -2.19. The number of carbonyl (C=O) groups excluding carboxylic acids is 1. The van der Waals surface area contributed by atoms with Crippen molar-refractivity contribution in [3.05, 3.63) is 41.4 Å². The van der Waals surface area contributed by atoms with Gasteiger partial charge in [0.2, 0.25) is 0 Å². The van der Waals surface area contributed by atoms with Crippen molar-refractivity contribution in [3.63, 3.8) is 0 Å². The van der Waals surface area contributed by atoms with Gasteiger partial charge in [0, 0.05) is 23.4 Å². The van der Waals surface area contributed by atoms with Gasteiger partial charge in [0.25, 0.3) is 5.91 Å². The first kappa shape index (κ1) is 10.2. The summed E-state index contributed by atoms with van der Waals surface area (Å²) >= 11 is 1.44. The van der Waals surface area contributed by atoms with Gasteiger partial charge in [-0.15, -0.1) is 11.3 Å². The molecule has 1 aliphatic rings. The second kappa shape index (κ2) is 4.10. The normalized spacial score (nSPS) is 14.6. The van der Waals surface area contributed by atoms with Crippen molar-refractivity contribution < 1.29 is 4.79 Å². The number of aromatic nitrogens is 1. The molecule has 0 spiro atoms. The third-order valence-electron chi connectivity index (χ3n) is 2.49. The highest BCUT2D eigenvalue weighted by Crippen LogP contribution is 2.30. The van der Waals surface area contributed by atoms with Gasteiger partial charge in [-0.3, -0.25) is 14.7 Å². The first-order chi connectivity index (χ1) is 8.36. The van der Waals surface area contributed by atoms with E-state index in [2.05, 4.69) is 9.98 Å². The number of rotatable bonds is 1. The molecule has 0 fully saturated rings. The van der Waals surface area contributed by atoms with E-state index >= 15 is 0 Å². The van der Waals surface area contributed by atoms with E-state index in [1.807, 2.05) is 29.6 Å². The van der Waals surface area contributed by atoms with E-state index in [4.69, 9.17) is 0 Å². The highest BCUT2D eigenvalue weighted by atomic mass is 32.1. The number of nitrogens with zero attached hydrogens (tertiary/aromatic N) is 3. The van der Waals surface area contributed by atoms with Crippen molar-refractivity contribution in [2.75, 3.05) is 11.4 Å². The first-order valence-corrected chi connectivity index (χ1v) is 6.05. The largest absolute Gasteiger partial charge is 0.283 e. The van der Waals surface area contributed by atoms with E-state index in [0.717, 1.165) is 11.3 Å². The molecular weight excluding hydrogens is 234 g/mol. The van der Waals surface area contributed by atoms with Crippen LogP contribution in [0.25, 0.3) is 0 Å². The Balaban J connectivity index is 2.18. The van der Waals surface area contributed by atoms with Crippen LogP contribution in [0.15, 0.2) is 40.8 Å². The zero-order valence-corrected chi connectivity index (χ0v) is 9.72. The topological polar surface area (TPSA) is 45.6 Å². The van der Waals surface area contributed by atoms with Crippen LogP contribution in [0.3, 0.4) is 0 Å². The Kier molecular flexibility index (Phi) is 2.45. The SMILES string of the molecule is O=C1CN=Cc2ccccc2N1c1nccs1. The van der Waals surface area contributed by atoms with Gasteiger partial charge in [0.05, 0.1) is 5.69 Å². The maximum absolute atomic E-state index is 12.1. The molecule has 2 aromatic rings. The number of benzodiazepines with no additional fused rings is 1. The van der Waals surface area contributed by atoms with Crippen LogP contribution in [0, 0.1) is 0 Å². The predicted molar refractivity (Wildman–Crippen MR) is 68.2 cm³/mol. The lowest BCUT2D eigenvalue weighted by molar-refractivity contribution is -0.116. The number of hydrogen-bond donors (Lipinski definition) is 0. The highest BCUT2D eigenvalue weighted by molar-refractivity contribution is 7.13. The summed E-state index contributed by atoms with van der Waals surface area (Å²) < 4.78 is 0. The van der Waals surface area contributed by atoms with E-state index in [-0.39, 0.29) is 12.5 Å². The minimum atomic E-state index is -0.0545. The molecule has 0 saturated carbocycles. The lowest BCUT2D eigenvalue weighted by Crippen LogP contribution is -2.27. The van der Waals surface area contributed by atoms with Crippen molar-refractivity contribution in [1.29, 1.82) is 0 Å². The minimum Gasteiger partial charge on any atom is -0.283 e. The Morgan fingerprint density at radius 1 is 1.29 bits per heavy atom. The Bertz CT molecular complexity index is 577. The van der Waals surface area contributed by atoms with Crippen LogP contribution < -0.4 is 4.90 Å². The Morgan fingerprint density at radius 2 is 2.18 bits per heavy atom. The molecule has 84 valence electrons. The van der Waals surface area contributed by atoms with Crippen molar-refractivity contribution >= 4 is 34.3 Å². The van der Waals surface area contributed by atoms with Crippen LogP contribution in [-0.2, 0) is 4.79 Å². The second-order valence-electron chi connectivity index (χ2n) is 3.57. The number of anilines is 2. The highest BCUT2D eigenvalue weighted by Gasteiger charge is 2.23. The van der Waals surface area contributed by atoms with Gasteiger partial charge in [-0.25, -0.2) is 4.98 Å². The molecule has 0 N–H and O–H groups in total. The average Bonchev–Trinajstić information content (AvgIpc) is 2.80. The zero-order chi connectivity index (χ0) is 11.7. The van der Waals surface area contributed by atoms with Crippen LogP contribution in [0.2, 0.25) is 0 Å². The van der Waals surface area contributed by atoms with Crippen molar-refractivity contribution in [1.82, 2.24) is 4.98 Å². The van der Waals surface area contributed by atoms with E-state index in [9.17, 15) is 4.79 Å². The third-order valence-corrected chi connectivity index (χ3v) is 3.25. The number of benzene rings is 1. The smallest absolute Gasteiger partial charge is 0.255 e. The van der Waals surface area contributed by atoms with Gasteiger partial charge in [0.1, 0.15) is 6.54 Å². The molecule has 0 aliphatic carbocycles. The summed E-state index contributed by atoms with van der Waals surface area (Å²) in [7, 11) is 0. The van der Waals surface area contributed by atoms with E-state index in [1.165, 1.54) is 11.3 Å². The number of fused-ring (bicyclic) bond motifs is 1. The fourth-order valence-corrected chi connectivity index (χ4v) is 2.43. The summed E-state index contributed by atoms with van der Waals surface area (Å²) in [6.07, 6.45) is 3.43. The Morgan fingerprint density at radius 3 is 3.00 bits per heavy atom. The number of thiazole rings is 1. The molecule has 0 atom stereocenters. The molecular formula is C12H9N3OS. The third kappa shape index (κ3) is 1.74. The van der Waals surface area contributed by atoms with Crippen LogP contribution in [0.5, 0.6) is 0 Å². The molecule has 1 amide bonds. The van der Waals surface area contributed by atoms with Crippen molar-refractivity contribution in [2.24, 2.45) is 4.99 Å². The van der Waals surface area contributed by atoms with Gasteiger partial charge >= 0.3 is 0 Å². The summed E-state index contributed by atoms with van der Waals surface area (Å²) in [4.78, 5) is 22.0. The summed E-state index contributed by atoms with van der Waals surface area (Å²) in [5, 5.41) is 2.55. The summed E-state index contributed by atoms with van der Waals surface area (Å²) in [6, 6.07) is 7.69. The molecule has 17 heavy (non-hydrogen) atoms. The van der Waals surface area contributed by atoms with Gasteiger partial charge in [-0.2, -0.15) is 0 Å². The van der Waals surface area contributed by atoms with E-state index in [1.54, 1.807) is 17.3 Å². The fraction of sp³-hybridized carbons (Fsp3) is 0.0833. The molecule has 4 nitrogen and oxygen atoms in total. The molecule has 0 unspecified atom stereocenters. The van der Waals surface area contributed by atoms with E-state index in [0.29, 0.717) is 5.13 Å². The van der Waals surface area contributed by atoms with Crippen molar-refractivity contribution in [3.8, 4) is 0 Å². The van der Waals surface area contributed by atoms with Crippen LogP contribution in [0.1, 0.15) is 5.56 Å². The molecule has 0 saturated heterocycles. The maximum Gasteiger partial charge on any atom is 0.255 e. The fourth-order valence-electron chi connectivity index (χ4n) is 1.76. The van der Waals surface area contributed by atoms with Crippen LogP contribution in [0.4, 0.5) is 10.8 Å². The molecule has 1 aliphatic heterocycles. The molecule has 1 aromatic carbocycles. The second-order valence-corrected chi connectivity index (χ2v) is 4.45. The molecule has 2 heterocycles. The molecule has 5 heteroatoms. The Hall–Kier alpha value is -2.01. The quantitative estimate of drug-likeness (QED) is 0.771. The summed E-state index contributed by atoms with van der Waals surface area (Å²) in [6.45, 7) is 0.161. The standard InChI is InChI=1S/C12H9N3OS/c16-11-8-13-7-9-3-1-2-4-10(9)15(11)12-14-5-6-17-12/h1-7H,8H2. The molecule has 0 bridgehead atoms. The first-order valence-electron chi connectivity index (χ1n) is 5.17. The van der Waals surface area contributed by atoms with Crippen molar-refractivity contribution in [2.45, 2.75) is 0 Å². The van der Waals surface area contributed by atoms with Gasteiger partial charge in [0.15, 0.2) is 5.13 Å². The van der Waals surface area contributed by atoms with Gasteiger partial charge in [-0.1, -0.05) is 18.2 Å². The number of para-hydroxylation sites is 1. The van der Waals surface area contributed by atoms with Crippen LogP contribution in [-0.4, -0.2) is 23.7 Å². The molecule has 1 aromatic heterocycles. The number of aliphatic imine (C=N–C) groups is 1. The summed E-state index contributed by atoms with van der Waals surface area (Å²) in [5.41, 5.74) is 1.78. The monoisotopic (exact) mass is 243 g/mol. The van der Waals surface area contributed by atoms with Crippen LogP contribution >= 0.6 is 11.3 Å². The maximum atomic E-state index is 12.1. The average molecular weight is 243 g/mol. The number of hydrogen-bond acceptors (Lipinski definition) is 4. The molecule has 0 radical (unpaired) electrons. The van der Waals surface area contributed by atoms with Gasteiger partial charge in [-0.05, 0) is 6.07 Å². The number of amides is 1. The van der Waals surface area contributed by atoms with Gasteiger partial charge < -0.3 is 0 Å². The number of carbonyl (C=O) groups is 1. The van der Waals surface area contributed by atoms with E-state index < -0.39 is 0 Å². The molecule has 3 rings (SSSR count). The predicted octanol–water partition coefficient (Wildman–Crippen LogP) is 2.24. The summed E-state index contributed by atoms with van der Waals surface area (Å²) in [5.74, 6) is -0.0545. The Labute approximate surface area is 102 Å². The zero-order valence-electron chi connectivity index (χ0n) is 8.91.